The Bertz CT molecular complexity index is 271. The van der Waals surface area contributed by atoms with Crippen LogP contribution in [0.25, 0.3) is 0 Å². The normalized spacial score (nSPS) is 25.0. The molecule has 0 bridgehead atoms. The molecule has 1 aliphatic rings. The minimum Gasteiger partial charge on any atom is -0.480 e. The lowest BCUT2D eigenvalue weighted by molar-refractivity contribution is -0.152. The molecule has 3 heteroatoms. The third-order valence-electron chi connectivity index (χ3n) is 4.16. The molecule has 0 aliphatic heterocycles. The molecule has 1 unspecified atom stereocenters. The zero-order valence-electron chi connectivity index (χ0n) is 11.2. The second-order valence-corrected chi connectivity index (χ2v) is 6.05. The number of rotatable bonds is 4. The van der Waals surface area contributed by atoms with Crippen LogP contribution in [-0.2, 0) is 4.79 Å². The predicted octanol–water partition coefficient (Wildman–Crippen LogP) is 2.75. The van der Waals surface area contributed by atoms with Crippen LogP contribution in [-0.4, -0.2) is 34.1 Å². The summed E-state index contributed by atoms with van der Waals surface area (Å²) in [5, 5.41) is 9.33. The molecule has 94 valence electrons. The number of aliphatic carboxylic acids is 1. The van der Waals surface area contributed by atoms with E-state index in [9.17, 15) is 9.90 Å². The van der Waals surface area contributed by atoms with Gasteiger partial charge in [0.25, 0.3) is 0 Å². The van der Waals surface area contributed by atoms with Crippen molar-refractivity contribution in [3.05, 3.63) is 0 Å². The molecule has 1 rings (SSSR count). The maximum absolute atomic E-state index is 11.3. The van der Waals surface area contributed by atoms with Crippen LogP contribution in [0, 0.1) is 5.41 Å². The lowest BCUT2D eigenvalue weighted by Gasteiger charge is -2.44. The lowest BCUT2D eigenvalue weighted by Crippen LogP contribution is -2.57. The van der Waals surface area contributed by atoms with E-state index < -0.39 is 11.5 Å². The van der Waals surface area contributed by atoms with E-state index in [0.717, 1.165) is 13.0 Å². The van der Waals surface area contributed by atoms with E-state index in [1.165, 1.54) is 12.8 Å². The second kappa shape index (κ2) is 4.36. The molecule has 0 saturated heterocycles. The van der Waals surface area contributed by atoms with Crippen molar-refractivity contribution < 1.29 is 9.90 Å². The summed E-state index contributed by atoms with van der Waals surface area (Å²) in [5.41, 5.74) is -0.524. The number of likely N-dealkylation sites (N-methyl/N-ethyl adjacent to an activating group) is 1. The average molecular weight is 227 g/mol. The Labute approximate surface area is 98.8 Å². The summed E-state index contributed by atoms with van der Waals surface area (Å²) in [6.07, 6.45) is 3.53. The molecule has 3 nitrogen and oxygen atoms in total. The van der Waals surface area contributed by atoms with Gasteiger partial charge in [-0.2, -0.15) is 0 Å². The molecule has 0 radical (unpaired) electrons. The maximum Gasteiger partial charge on any atom is 0.323 e. The molecule has 0 amide bonds. The summed E-state index contributed by atoms with van der Waals surface area (Å²) in [4.78, 5) is 13.5. The van der Waals surface area contributed by atoms with Crippen molar-refractivity contribution in [1.82, 2.24) is 4.90 Å². The summed E-state index contributed by atoms with van der Waals surface area (Å²) in [6, 6.07) is 0.392. The number of carbonyl (C=O) groups is 1. The highest BCUT2D eigenvalue weighted by atomic mass is 16.4. The van der Waals surface area contributed by atoms with Gasteiger partial charge in [0.1, 0.15) is 5.54 Å². The minimum absolute atomic E-state index is 0.239. The van der Waals surface area contributed by atoms with E-state index in [1.807, 2.05) is 13.8 Å². The Morgan fingerprint density at radius 1 is 1.50 bits per heavy atom. The van der Waals surface area contributed by atoms with Crippen molar-refractivity contribution in [3.8, 4) is 0 Å². The summed E-state index contributed by atoms with van der Waals surface area (Å²) >= 11 is 0. The highest BCUT2D eigenvalue weighted by Gasteiger charge is 2.45. The van der Waals surface area contributed by atoms with Gasteiger partial charge in [-0.05, 0) is 38.6 Å². The Morgan fingerprint density at radius 2 is 2.06 bits per heavy atom. The molecule has 0 aromatic rings. The van der Waals surface area contributed by atoms with Gasteiger partial charge in [0.2, 0.25) is 0 Å². The molecule has 1 aliphatic carbocycles. The fourth-order valence-corrected chi connectivity index (χ4v) is 3.01. The summed E-state index contributed by atoms with van der Waals surface area (Å²) in [7, 11) is 0. The van der Waals surface area contributed by atoms with E-state index in [1.54, 1.807) is 0 Å². The van der Waals surface area contributed by atoms with E-state index in [-0.39, 0.29) is 5.41 Å². The molecule has 1 fully saturated rings. The van der Waals surface area contributed by atoms with Crippen LogP contribution in [0.4, 0.5) is 0 Å². The average Bonchev–Trinajstić information content (AvgIpc) is 2.47. The number of nitrogens with zero attached hydrogens (tertiary/aromatic N) is 1. The Hall–Kier alpha value is -0.570. The molecular weight excluding hydrogens is 202 g/mol. The first-order chi connectivity index (χ1) is 7.23. The van der Waals surface area contributed by atoms with Crippen molar-refractivity contribution in [1.29, 1.82) is 0 Å². The predicted molar refractivity (Wildman–Crippen MR) is 65.5 cm³/mol. The zero-order valence-corrected chi connectivity index (χ0v) is 11.2. The first-order valence-electron chi connectivity index (χ1n) is 6.23. The molecule has 1 saturated carbocycles. The van der Waals surface area contributed by atoms with Gasteiger partial charge in [-0.25, -0.2) is 0 Å². The second-order valence-electron chi connectivity index (χ2n) is 6.05. The number of hydrogen-bond acceptors (Lipinski definition) is 2. The highest BCUT2D eigenvalue weighted by molar-refractivity contribution is 5.77. The van der Waals surface area contributed by atoms with Crippen molar-refractivity contribution in [2.45, 2.75) is 65.5 Å². The van der Waals surface area contributed by atoms with Gasteiger partial charge in [0, 0.05) is 6.04 Å². The van der Waals surface area contributed by atoms with Crippen LogP contribution in [0.15, 0.2) is 0 Å². The van der Waals surface area contributed by atoms with Gasteiger partial charge in [0.15, 0.2) is 0 Å². The molecule has 0 spiro atoms. The number of carboxylic acid groups (broad SMARTS) is 1. The molecule has 0 aromatic carbocycles. The Balaban J connectivity index is 2.94. The van der Waals surface area contributed by atoms with Gasteiger partial charge in [0.05, 0.1) is 0 Å². The van der Waals surface area contributed by atoms with Crippen LogP contribution in [0.1, 0.15) is 53.9 Å². The van der Waals surface area contributed by atoms with Crippen molar-refractivity contribution in [2.75, 3.05) is 6.54 Å². The highest BCUT2D eigenvalue weighted by Crippen LogP contribution is 2.42. The standard InChI is InChI=1S/C13H25NO2/c1-6-14(13(4,5)11(15)16)10-8-7-9-12(10,2)3/h10H,6-9H2,1-5H3,(H,15,16). The van der Waals surface area contributed by atoms with Gasteiger partial charge >= 0.3 is 5.97 Å². The minimum atomic E-state index is -0.763. The van der Waals surface area contributed by atoms with Crippen molar-refractivity contribution in [2.24, 2.45) is 5.41 Å². The van der Waals surface area contributed by atoms with E-state index in [2.05, 4.69) is 25.7 Å². The monoisotopic (exact) mass is 227 g/mol. The summed E-state index contributed by atoms with van der Waals surface area (Å²) < 4.78 is 0. The third-order valence-corrected chi connectivity index (χ3v) is 4.16. The van der Waals surface area contributed by atoms with Crippen molar-refractivity contribution >= 4 is 5.97 Å². The zero-order chi connectivity index (χ0) is 12.6. The van der Waals surface area contributed by atoms with Crippen LogP contribution in [0.2, 0.25) is 0 Å². The molecule has 16 heavy (non-hydrogen) atoms. The van der Waals surface area contributed by atoms with Gasteiger partial charge < -0.3 is 5.11 Å². The largest absolute Gasteiger partial charge is 0.480 e. The fraction of sp³-hybridized carbons (Fsp3) is 0.923. The molecule has 0 heterocycles. The Morgan fingerprint density at radius 3 is 2.38 bits per heavy atom. The smallest absolute Gasteiger partial charge is 0.323 e. The van der Waals surface area contributed by atoms with Crippen LogP contribution >= 0.6 is 0 Å². The summed E-state index contributed by atoms with van der Waals surface area (Å²) in [5.74, 6) is -0.725. The quantitative estimate of drug-likeness (QED) is 0.803. The maximum atomic E-state index is 11.3. The Kier molecular flexibility index (Phi) is 3.68. The van der Waals surface area contributed by atoms with Crippen molar-refractivity contribution in [3.63, 3.8) is 0 Å². The first-order valence-corrected chi connectivity index (χ1v) is 6.23. The van der Waals surface area contributed by atoms with Gasteiger partial charge in [-0.15, -0.1) is 0 Å². The number of hydrogen-bond donors (Lipinski definition) is 1. The van der Waals surface area contributed by atoms with E-state index >= 15 is 0 Å². The van der Waals surface area contributed by atoms with E-state index in [0.29, 0.717) is 6.04 Å². The lowest BCUT2D eigenvalue weighted by atomic mass is 9.84. The molecule has 1 N–H and O–H groups in total. The molecule has 0 aromatic heterocycles. The van der Waals surface area contributed by atoms with Gasteiger partial charge in [-0.3, -0.25) is 9.69 Å². The van der Waals surface area contributed by atoms with Crippen LogP contribution in [0.3, 0.4) is 0 Å². The topological polar surface area (TPSA) is 40.5 Å². The SMILES string of the molecule is CCN(C1CCCC1(C)C)C(C)(C)C(=O)O. The van der Waals surface area contributed by atoms with Crippen LogP contribution in [0.5, 0.6) is 0 Å². The molecular formula is C13H25NO2. The van der Waals surface area contributed by atoms with Gasteiger partial charge in [-0.1, -0.05) is 27.2 Å². The molecule has 1 atom stereocenters. The fourth-order valence-electron chi connectivity index (χ4n) is 3.01. The summed E-state index contributed by atoms with van der Waals surface area (Å²) in [6.45, 7) is 11.0. The number of carboxylic acids is 1. The first kappa shape index (κ1) is 13.5. The van der Waals surface area contributed by atoms with Crippen LogP contribution < -0.4 is 0 Å². The van der Waals surface area contributed by atoms with E-state index in [4.69, 9.17) is 0 Å². The third kappa shape index (κ3) is 2.24.